The van der Waals surface area contributed by atoms with Crippen LogP contribution < -0.4 is 5.32 Å². The molecule has 1 heterocycles. The molecule has 0 aliphatic heterocycles. The van der Waals surface area contributed by atoms with Gasteiger partial charge in [0.1, 0.15) is 5.82 Å². The van der Waals surface area contributed by atoms with Gasteiger partial charge in [0.05, 0.1) is 0 Å². The molecule has 1 aromatic heterocycles. The van der Waals surface area contributed by atoms with Crippen molar-refractivity contribution in [3.63, 3.8) is 0 Å². The van der Waals surface area contributed by atoms with Gasteiger partial charge in [-0.15, -0.1) is 5.10 Å². The van der Waals surface area contributed by atoms with Gasteiger partial charge >= 0.3 is 23.6 Å². The molecule has 0 unspecified atom stereocenters. The minimum atomic E-state index is -2.67. The van der Waals surface area contributed by atoms with Crippen LogP contribution in [0.4, 0.5) is 4.79 Å². The standard InChI is InChI=1S/C25H52N4O7SSi2/c1-8-12-13-14-15-18-23-27-24(37-20-17-22-39(34-9-2,35-10-3)36-11-4)28-29(23)25(30)26-19-16-21-38(31-5,32-6)33-7/h8-22H2,1-7H3,(H,26,30). The first kappa shape index (κ1) is 36.2. The molecule has 0 saturated heterocycles. The number of nitrogens with one attached hydrogen (secondary N) is 1. The molecule has 0 spiro atoms. The lowest BCUT2D eigenvalue weighted by atomic mass is 10.1. The van der Waals surface area contributed by atoms with Gasteiger partial charge in [0, 0.05) is 72.0 Å². The van der Waals surface area contributed by atoms with Crippen LogP contribution in [-0.2, 0) is 33.0 Å². The summed E-state index contributed by atoms with van der Waals surface area (Å²) in [6.07, 6.45) is 7.92. The van der Waals surface area contributed by atoms with Gasteiger partial charge in [-0.25, -0.2) is 9.78 Å². The number of carbonyl (C=O) groups is 1. The Morgan fingerprint density at radius 2 is 1.41 bits per heavy atom. The maximum Gasteiger partial charge on any atom is 0.500 e. The van der Waals surface area contributed by atoms with E-state index in [2.05, 4.69) is 17.3 Å². The van der Waals surface area contributed by atoms with Gasteiger partial charge < -0.3 is 31.9 Å². The van der Waals surface area contributed by atoms with Crippen molar-refractivity contribution in [3.8, 4) is 0 Å². The predicted octanol–water partition coefficient (Wildman–Crippen LogP) is 5.15. The Hall–Kier alpha value is -0.846. The van der Waals surface area contributed by atoms with Crippen molar-refractivity contribution in [1.82, 2.24) is 20.1 Å². The van der Waals surface area contributed by atoms with Gasteiger partial charge in [-0.05, 0) is 40.0 Å². The smallest absolute Gasteiger partial charge is 0.377 e. The highest BCUT2D eigenvalue weighted by Crippen LogP contribution is 2.23. The molecule has 1 aromatic rings. The molecular weight excluding hydrogens is 557 g/mol. The lowest BCUT2D eigenvalue weighted by Crippen LogP contribution is -2.46. The summed E-state index contributed by atoms with van der Waals surface area (Å²) in [4.78, 5) is 17.8. The summed E-state index contributed by atoms with van der Waals surface area (Å²) in [5.74, 6) is 1.48. The molecule has 14 heteroatoms. The zero-order chi connectivity index (χ0) is 29.0. The molecule has 228 valence electrons. The van der Waals surface area contributed by atoms with E-state index >= 15 is 0 Å². The van der Waals surface area contributed by atoms with E-state index in [0.717, 1.165) is 31.1 Å². The van der Waals surface area contributed by atoms with Crippen molar-refractivity contribution in [3.05, 3.63) is 5.82 Å². The van der Waals surface area contributed by atoms with Crippen molar-refractivity contribution < 1.29 is 31.4 Å². The topological polar surface area (TPSA) is 115 Å². The van der Waals surface area contributed by atoms with E-state index in [1.54, 1.807) is 33.1 Å². The number of hydrogen-bond donors (Lipinski definition) is 1. The normalized spacial score (nSPS) is 12.3. The van der Waals surface area contributed by atoms with Crippen molar-refractivity contribution in [2.75, 3.05) is 53.4 Å². The van der Waals surface area contributed by atoms with Crippen LogP contribution in [-0.4, -0.2) is 91.9 Å². The molecule has 39 heavy (non-hydrogen) atoms. The molecular formula is C25H52N4O7SSi2. The maximum absolute atomic E-state index is 13.0. The third kappa shape index (κ3) is 13.1. The van der Waals surface area contributed by atoms with Gasteiger partial charge in [-0.2, -0.15) is 4.68 Å². The highest BCUT2D eigenvalue weighted by Gasteiger charge is 2.39. The fourth-order valence-corrected chi connectivity index (χ4v) is 9.55. The first-order valence-corrected chi connectivity index (χ1v) is 19.2. The summed E-state index contributed by atoms with van der Waals surface area (Å²) in [5.41, 5.74) is 0. The van der Waals surface area contributed by atoms with E-state index in [1.165, 1.54) is 23.9 Å². The molecule has 0 aliphatic carbocycles. The molecule has 0 aromatic carbocycles. The largest absolute Gasteiger partial charge is 0.500 e. The first-order valence-electron chi connectivity index (χ1n) is 14.3. The second-order valence-electron chi connectivity index (χ2n) is 8.95. The average Bonchev–Trinajstić information content (AvgIpc) is 3.35. The number of aromatic nitrogens is 3. The summed E-state index contributed by atoms with van der Waals surface area (Å²) < 4.78 is 35.7. The van der Waals surface area contributed by atoms with Gasteiger partial charge in [-0.1, -0.05) is 44.4 Å². The Morgan fingerprint density at radius 3 is 1.97 bits per heavy atom. The van der Waals surface area contributed by atoms with Gasteiger partial charge in [0.25, 0.3) is 0 Å². The molecule has 0 bridgehead atoms. The summed E-state index contributed by atoms with van der Waals surface area (Å²) >= 11 is 1.54. The van der Waals surface area contributed by atoms with Gasteiger partial charge in [0.2, 0.25) is 5.16 Å². The number of unbranched alkanes of at least 4 members (excludes halogenated alkanes) is 4. The third-order valence-electron chi connectivity index (χ3n) is 6.17. The summed E-state index contributed by atoms with van der Waals surface area (Å²) in [6, 6.07) is 1.07. The number of carbonyl (C=O) groups excluding carboxylic acids is 1. The quantitative estimate of drug-likeness (QED) is 0.0960. The molecule has 1 rings (SSSR count). The Labute approximate surface area is 242 Å². The van der Waals surface area contributed by atoms with Crippen LogP contribution in [0.25, 0.3) is 0 Å². The first-order chi connectivity index (χ1) is 18.9. The number of aryl methyl sites for hydroxylation is 1. The molecule has 0 atom stereocenters. The van der Waals surface area contributed by atoms with Crippen LogP contribution in [0.2, 0.25) is 12.1 Å². The van der Waals surface area contributed by atoms with Crippen LogP contribution in [0.5, 0.6) is 0 Å². The zero-order valence-electron chi connectivity index (χ0n) is 25.2. The SMILES string of the molecule is CCCCCCCc1nc(SCCC[Si](OCC)(OCC)OCC)nn1C(=O)NCCC[Si](OC)(OC)OC. The summed E-state index contributed by atoms with van der Waals surface area (Å²) in [6.45, 7) is 10.2. The highest BCUT2D eigenvalue weighted by molar-refractivity contribution is 7.99. The number of thioether (sulfide) groups is 1. The third-order valence-corrected chi connectivity index (χ3v) is 13.1. The fraction of sp³-hybridized carbons (Fsp3) is 0.880. The predicted molar refractivity (Wildman–Crippen MR) is 158 cm³/mol. The highest BCUT2D eigenvalue weighted by atomic mass is 32.2. The minimum absolute atomic E-state index is 0.270. The molecule has 0 aliphatic rings. The van der Waals surface area contributed by atoms with E-state index in [0.29, 0.717) is 56.2 Å². The molecule has 1 amide bonds. The summed E-state index contributed by atoms with van der Waals surface area (Å²) in [7, 11) is -0.573. The fourth-order valence-electron chi connectivity index (χ4n) is 4.18. The van der Waals surface area contributed by atoms with Gasteiger partial charge in [-0.3, -0.25) is 0 Å². The van der Waals surface area contributed by atoms with E-state index < -0.39 is 17.6 Å². The maximum atomic E-state index is 13.0. The number of nitrogens with zero attached hydrogens (tertiary/aromatic N) is 3. The second kappa shape index (κ2) is 20.9. The Bertz CT molecular complexity index is 762. The van der Waals surface area contributed by atoms with Crippen LogP contribution in [0.3, 0.4) is 0 Å². The molecule has 0 fully saturated rings. The van der Waals surface area contributed by atoms with E-state index in [9.17, 15) is 4.79 Å². The van der Waals surface area contributed by atoms with Crippen molar-refractivity contribution in [2.24, 2.45) is 0 Å². The number of rotatable bonds is 24. The van der Waals surface area contributed by atoms with Crippen molar-refractivity contribution >= 4 is 35.4 Å². The Balaban J connectivity index is 2.78. The Kier molecular flexibility index (Phi) is 19.4. The lowest BCUT2D eigenvalue weighted by Gasteiger charge is -2.28. The summed E-state index contributed by atoms with van der Waals surface area (Å²) in [5, 5.41) is 8.12. The Morgan fingerprint density at radius 1 is 0.821 bits per heavy atom. The van der Waals surface area contributed by atoms with E-state index in [-0.39, 0.29) is 6.03 Å². The van der Waals surface area contributed by atoms with E-state index in [1.807, 2.05) is 20.8 Å². The number of hydrogen-bond acceptors (Lipinski definition) is 10. The zero-order valence-corrected chi connectivity index (χ0v) is 28.0. The monoisotopic (exact) mass is 608 g/mol. The number of amides is 1. The average molecular weight is 609 g/mol. The minimum Gasteiger partial charge on any atom is -0.377 e. The van der Waals surface area contributed by atoms with Crippen molar-refractivity contribution in [2.45, 2.75) is 96.3 Å². The van der Waals surface area contributed by atoms with Crippen LogP contribution in [0.1, 0.15) is 78.5 Å². The van der Waals surface area contributed by atoms with Crippen LogP contribution in [0, 0.1) is 0 Å². The van der Waals surface area contributed by atoms with Crippen LogP contribution in [0.15, 0.2) is 5.16 Å². The molecule has 1 N–H and O–H groups in total. The molecule has 0 radical (unpaired) electrons. The van der Waals surface area contributed by atoms with Crippen molar-refractivity contribution in [1.29, 1.82) is 0 Å². The van der Waals surface area contributed by atoms with Gasteiger partial charge in [0.15, 0.2) is 0 Å². The molecule has 11 nitrogen and oxygen atoms in total. The second-order valence-corrected chi connectivity index (χ2v) is 15.8. The van der Waals surface area contributed by atoms with E-state index in [4.69, 9.17) is 31.5 Å². The van der Waals surface area contributed by atoms with Crippen LogP contribution >= 0.6 is 11.8 Å². The molecule has 0 saturated carbocycles. The lowest BCUT2D eigenvalue weighted by molar-refractivity contribution is 0.0712.